The quantitative estimate of drug-likeness (QED) is 0.496. The molecule has 0 N–H and O–H groups in total. The van der Waals surface area contributed by atoms with Crippen LogP contribution in [-0.2, 0) is 0 Å². The molecule has 0 aliphatic heterocycles. The molecule has 2 aromatic carbocycles. The van der Waals surface area contributed by atoms with Crippen molar-refractivity contribution in [3.63, 3.8) is 0 Å². The highest BCUT2D eigenvalue weighted by atomic mass is 16.5. The largest absolute Gasteiger partial charge is 0.492 e. The van der Waals surface area contributed by atoms with Gasteiger partial charge in [0, 0.05) is 18.9 Å². The zero-order valence-electron chi connectivity index (χ0n) is 16.9. The van der Waals surface area contributed by atoms with E-state index in [-0.39, 0.29) is 0 Å². The second kappa shape index (κ2) is 9.86. The number of benzene rings is 2. The normalized spacial score (nSPS) is 12.0. The van der Waals surface area contributed by atoms with Gasteiger partial charge in [0.25, 0.3) is 0 Å². The fourth-order valence-electron chi connectivity index (χ4n) is 3.26. The van der Waals surface area contributed by atoms with Gasteiger partial charge in [0.1, 0.15) is 12.4 Å². The summed E-state index contributed by atoms with van der Waals surface area (Å²) in [6.07, 6.45) is 4.65. The molecular weight excluding hydrogens is 344 g/mol. The molecule has 3 heteroatoms. The molecule has 0 unspecified atom stereocenters. The Labute approximate surface area is 168 Å². The van der Waals surface area contributed by atoms with Crippen LogP contribution >= 0.6 is 0 Å². The average molecular weight is 373 g/mol. The van der Waals surface area contributed by atoms with Crippen molar-refractivity contribution in [1.29, 1.82) is 0 Å². The SMILES string of the molecule is CC/C(=C(\c1ccncc1)c1ccc(OCCN(C)C)cc1)c1ccccc1. The summed E-state index contributed by atoms with van der Waals surface area (Å²) < 4.78 is 5.86. The van der Waals surface area contributed by atoms with Crippen molar-refractivity contribution in [3.05, 3.63) is 95.8 Å². The van der Waals surface area contributed by atoms with E-state index in [0.29, 0.717) is 6.61 Å². The average Bonchev–Trinajstić information content (AvgIpc) is 2.73. The van der Waals surface area contributed by atoms with E-state index in [9.17, 15) is 0 Å². The highest BCUT2D eigenvalue weighted by Gasteiger charge is 2.13. The van der Waals surface area contributed by atoms with E-state index in [2.05, 4.69) is 83.5 Å². The zero-order chi connectivity index (χ0) is 19.8. The number of hydrogen-bond donors (Lipinski definition) is 0. The van der Waals surface area contributed by atoms with Gasteiger partial charge in [0.05, 0.1) is 0 Å². The fourth-order valence-corrected chi connectivity index (χ4v) is 3.26. The molecule has 1 aromatic heterocycles. The molecule has 0 aliphatic rings. The Morgan fingerprint density at radius 3 is 2.07 bits per heavy atom. The van der Waals surface area contributed by atoms with Crippen molar-refractivity contribution in [2.75, 3.05) is 27.2 Å². The number of nitrogens with zero attached hydrogens (tertiary/aromatic N) is 2. The number of allylic oxidation sites excluding steroid dienone is 1. The van der Waals surface area contributed by atoms with Crippen LogP contribution in [0.15, 0.2) is 79.1 Å². The summed E-state index contributed by atoms with van der Waals surface area (Å²) in [7, 11) is 4.10. The first kappa shape index (κ1) is 19.8. The highest BCUT2D eigenvalue weighted by molar-refractivity contribution is 5.98. The van der Waals surface area contributed by atoms with Crippen LogP contribution in [0.4, 0.5) is 0 Å². The first-order chi connectivity index (χ1) is 13.7. The topological polar surface area (TPSA) is 25.4 Å². The molecule has 0 saturated carbocycles. The van der Waals surface area contributed by atoms with Crippen LogP contribution in [0.3, 0.4) is 0 Å². The Hall–Kier alpha value is -2.91. The lowest BCUT2D eigenvalue weighted by molar-refractivity contribution is 0.261. The van der Waals surface area contributed by atoms with Crippen LogP contribution in [0.2, 0.25) is 0 Å². The minimum atomic E-state index is 0.684. The first-order valence-corrected chi connectivity index (χ1v) is 9.76. The number of hydrogen-bond acceptors (Lipinski definition) is 3. The third kappa shape index (κ3) is 5.08. The van der Waals surface area contributed by atoms with Gasteiger partial charge in [-0.3, -0.25) is 4.98 Å². The lowest BCUT2D eigenvalue weighted by atomic mass is 9.88. The van der Waals surface area contributed by atoms with Crippen molar-refractivity contribution in [3.8, 4) is 5.75 Å². The van der Waals surface area contributed by atoms with Crippen molar-refractivity contribution < 1.29 is 4.74 Å². The Bertz CT molecular complexity index is 885. The second-order valence-corrected chi connectivity index (χ2v) is 6.99. The highest BCUT2D eigenvalue weighted by Crippen LogP contribution is 2.34. The Morgan fingerprint density at radius 2 is 1.46 bits per heavy atom. The number of rotatable bonds is 8. The molecule has 0 saturated heterocycles. The summed E-state index contributed by atoms with van der Waals surface area (Å²) in [5.74, 6) is 0.900. The van der Waals surface area contributed by atoms with Gasteiger partial charge in [-0.25, -0.2) is 0 Å². The Morgan fingerprint density at radius 1 is 0.821 bits per heavy atom. The molecule has 0 aliphatic carbocycles. The molecule has 144 valence electrons. The number of aromatic nitrogens is 1. The second-order valence-electron chi connectivity index (χ2n) is 6.99. The van der Waals surface area contributed by atoms with E-state index < -0.39 is 0 Å². The molecule has 3 aromatic rings. The molecule has 0 atom stereocenters. The minimum Gasteiger partial charge on any atom is -0.492 e. The van der Waals surface area contributed by atoms with Crippen LogP contribution in [-0.4, -0.2) is 37.1 Å². The van der Waals surface area contributed by atoms with Gasteiger partial charge in [0.2, 0.25) is 0 Å². The predicted octanol–water partition coefficient (Wildman–Crippen LogP) is 5.39. The molecule has 3 nitrogen and oxygen atoms in total. The van der Waals surface area contributed by atoms with E-state index in [1.54, 1.807) is 0 Å². The zero-order valence-corrected chi connectivity index (χ0v) is 16.9. The van der Waals surface area contributed by atoms with Gasteiger partial charge in [-0.1, -0.05) is 49.4 Å². The predicted molar refractivity (Wildman–Crippen MR) is 117 cm³/mol. The summed E-state index contributed by atoms with van der Waals surface area (Å²) in [5.41, 5.74) is 6.19. The van der Waals surface area contributed by atoms with Gasteiger partial charge in [0.15, 0.2) is 0 Å². The lowest BCUT2D eigenvalue weighted by Crippen LogP contribution is -2.19. The molecule has 0 radical (unpaired) electrons. The fraction of sp³-hybridized carbons (Fsp3) is 0.240. The molecule has 3 rings (SSSR count). The van der Waals surface area contributed by atoms with Crippen LogP contribution in [0, 0.1) is 0 Å². The maximum atomic E-state index is 5.86. The summed E-state index contributed by atoms with van der Waals surface area (Å²) in [5, 5.41) is 0. The molecule has 28 heavy (non-hydrogen) atoms. The van der Waals surface area contributed by atoms with Crippen molar-refractivity contribution in [2.45, 2.75) is 13.3 Å². The molecule has 1 heterocycles. The number of likely N-dealkylation sites (N-methyl/N-ethyl adjacent to an activating group) is 1. The van der Waals surface area contributed by atoms with Crippen LogP contribution in [0.1, 0.15) is 30.0 Å². The van der Waals surface area contributed by atoms with Crippen molar-refractivity contribution >= 4 is 11.1 Å². The summed E-state index contributed by atoms with van der Waals surface area (Å²) in [6, 6.07) is 23.2. The van der Waals surface area contributed by atoms with Gasteiger partial charge in [-0.15, -0.1) is 0 Å². The first-order valence-electron chi connectivity index (χ1n) is 9.76. The van der Waals surface area contributed by atoms with E-state index in [4.69, 9.17) is 4.74 Å². The summed E-state index contributed by atoms with van der Waals surface area (Å²) >= 11 is 0. The monoisotopic (exact) mass is 372 g/mol. The smallest absolute Gasteiger partial charge is 0.119 e. The van der Waals surface area contributed by atoms with Crippen LogP contribution in [0.25, 0.3) is 11.1 Å². The van der Waals surface area contributed by atoms with E-state index in [1.807, 2.05) is 26.5 Å². The van der Waals surface area contributed by atoms with E-state index in [0.717, 1.165) is 18.7 Å². The maximum Gasteiger partial charge on any atom is 0.119 e. The van der Waals surface area contributed by atoms with E-state index >= 15 is 0 Å². The number of pyridine rings is 1. The maximum absolute atomic E-state index is 5.86. The van der Waals surface area contributed by atoms with Gasteiger partial charge in [-0.2, -0.15) is 0 Å². The van der Waals surface area contributed by atoms with Gasteiger partial charge < -0.3 is 9.64 Å². The Balaban J connectivity index is 2.00. The van der Waals surface area contributed by atoms with Crippen molar-refractivity contribution in [1.82, 2.24) is 9.88 Å². The molecule has 0 fully saturated rings. The third-order valence-corrected chi connectivity index (χ3v) is 4.70. The van der Waals surface area contributed by atoms with Gasteiger partial charge in [-0.05, 0) is 72.6 Å². The van der Waals surface area contributed by atoms with Crippen LogP contribution in [0.5, 0.6) is 5.75 Å². The number of ether oxygens (including phenoxy) is 1. The van der Waals surface area contributed by atoms with Crippen molar-refractivity contribution in [2.24, 2.45) is 0 Å². The molecule has 0 bridgehead atoms. The Kier molecular flexibility index (Phi) is 6.99. The van der Waals surface area contributed by atoms with Crippen LogP contribution < -0.4 is 4.74 Å². The minimum absolute atomic E-state index is 0.684. The van der Waals surface area contributed by atoms with E-state index in [1.165, 1.54) is 27.8 Å². The summed E-state index contributed by atoms with van der Waals surface area (Å²) in [4.78, 5) is 6.31. The standard InChI is InChI=1S/C25H28N2O/c1-4-24(20-8-6-5-7-9-20)25(22-14-16-26-17-15-22)21-10-12-23(13-11-21)28-19-18-27(2)3/h5-17H,4,18-19H2,1-3H3/b25-24+. The van der Waals surface area contributed by atoms with Gasteiger partial charge >= 0.3 is 0 Å². The third-order valence-electron chi connectivity index (χ3n) is 4.70. The molecule has 0 amide bonds. The summed E-state index contributed by atoms with van der Waals surface area (Å²) in [6.45, 7) is 3.80. The molecule has 0 spiro atoms. The molecular formula is C25H28N2O. The lowest BCUT2D eigenvalue weighted by Gasteiger charge is -2.17.